The molecule has 0 amide bonds. The number of aromatic amines is 3. The Hall–Kier alpha value is -5.00. The number of rotatable bonds is 4. The maximum Gasteiger partial charge on any atom is 0.330 e. The van der Waals surface area contributed by atoms with Crippen LogP contribution < -0.4 is 16.0 Å². The largest absolute Gasteiger partial charge is 0.486 e. The van der Waals surface area contributed by atoms with Crippen LogP contribution in [0.2, 0.25) is 0 Å². The highest BCUT2D eigenvalue weighted by molar-refractivity contribution is 5.81. The average molecular weight is 551 g/mol. The van der Waals surface area contributed by atoms with Crippen LogP contribution in [0.25, 0.3) is 46.4 Å². The fourth-order valence-corrected chi connectivity index (χ4v) is 5.14. The summed E-state index contributed by atoms with van der Waals surface area (Å²) >= 11 is 0. The topological polar surface area (TPSA) is 151 Å². The molecule has 0 aromatic carbocycles. The number of aliphatic hydroxyl groups excluding tert-OH is 1. The average Bonchev–Trinajstić information content (AvgIpc) is 3.77. The quantitative estimate of drug-likeness (QED) is 0.262. The van der Waals surface area contributed by atoms with E-state index in [1.54, 1.807) is 6.92 Å². The molecule has 0 unspecified atom stereocenters. The molecule has 0 saturated carbocycles. The zero-order valence-electron chi connectivity index (χ0n) is 22.0. The Labute approximate surface area is 232 Å². The highest BCUT2D eigenvalue weighted by atomic mass is 16.6. The molecule has 206 valence electrons. The standard InChI is InChI=1S/C30H26N6O5/c1-16-14-36(30(39)35-29(16)38)27-13-25(37)26(41-27)15-40-28-23-8-6-21(33-23)11-19-4-2-17(31-19)10-18-3-5-20(32-18)12-22-7-9-24(28)34-22/h2-12,14,25-27,31,34,37H,13,15H2,1H3,(H,35,38,39)/t25-,26+,27+/m0/s1. The van der Waals surface area contributed by atoms with Gasteiger partial charge in [0.2, 0.25) is 0 Å². The van der Waals surface area contributed by atoms with Crippen LogP contribution in [0.15, 0.2) is 58.3 Å². The SMILES string of the molecule is Cc1cn([C@H]2C[C@H](O)[C@@H](COc3c4nc(cc5ccc(cc6nc(cc7ccc3[nH]7)C=C6)[nH]5)C=C4)O2)c(=O)[nH]c1=O. The molecular weight excluding hydrogens is 524 g/mol. The first kappa shape index (κ1) is 25.0. The lowest BCUT2D eigenvalue weighted by atomic mass is 10.2. The van der Waals surface area contributed by atoms with E-state index in [1.165, 1.54) is 10.8 Å². The van der Waals surface area contributed by atoms with E-state index in [0.717, 1.165) is 33.6 Å². The Morgan fingerprint density at radius 2 is 1.59 bits per heavy atom. The summed E-state index contributed by atoms with van der Waals surface area (Å²) in [6, 6.07) is 13.7. The van der Waals surface area contributed by atoms with Crippen molar-refractivity contribution in [2.24, 2.45) is 0 Å². The fraction of sp³-hybridized carbons (Fsp3) is 0.200. The van der Waals surface area contributed by atoms with Crippen LogP contribution in [0.5, 0.6) is 5.75 Å². The first-order valence-electron chi connectivity index (χ1n) is 13.2. The molecule has 11 heteroatoms. The molecule has 41 heavy (non-hydrogen) atoms. The van der Waals surface area contributed by atoms with E-state index in [0.29, 0.717) is 22.5 Å². The molecule has 1 saturated heterocycles. The van der Waals surface area contributed by atoms with Crippen molar-refractivity contribution in [3.05, 3.63) is 97.8 Å². The molecule has 0 radical (unpaired) electrons. The van der Waals surface area contributed by atoms with Crippen molar-refractivity contribution in [1.29, 1.82) is 0 Å². The molecule has 8 bridgehead atoms. The minimum absolute atomic E-state index is 0.0116. The molecule has 3 atom stereocenters. The third-order valence-corrected chi connectivity index (χ3v) is 7.22. The van der Waals surface area contributed by atoms with Gasteiger partial charge in [-0.15, -0.1) is 0 Å². The summed E-state index contributed by atoms with van der Waals surface area (Å²) in [4.78, 5) is 42.6. The van der Waals surface area contributed by atoms with Gasteiger partial charge in [-0.25, -0.2) is 14.8 Å². The minimum atomic E-state index is -0.883. The molecule has 0 aliphatic carbocycles. The van der Waals surface area contributed by atoms with Crippen molar-refractivity contribution in [2.75, 3.05) is 6.61 Å². The molecule has 3 aliphatic rings. The van der Waals surface area contributed by atoms with Gasteiger partial charge in [-0.05, 0) is 73.7 Å². The summed E-state index contributed by atoms with van der Waals surface area (Å²) < 4.78 is 13.6. The number of nitrogens with one attached hydrogen (secondary N) is 3. The van der Waals surface area contributed by atoms with Gasteiger partial charge in [-0.2, -0.15) is 0 Å². The number of aromatic nitrogens is 6. The van der Waals surface area contributed by atoms with Crippen LogP contribution >= 0.6 is 0 Å². The predicted molar refractivity (Wildman–Crippen MR) is 155 cm³/mol. The molecule has 11 nitrogen and oxygen atoms in total. The van der Waals surface area contributed by atoms with Gasteiger partial charge in [-0.3, -0.25) is 14.3 Å². The summed E-state index contributed by atoms with van der Waals surface area (Å²) in [7, 11) is 0. The fourth-order valence-electron chi connectivity index (χ4n) is 5.14. The summed E-state index contributed by atoms with van der Waals surface area (Å²) in [6.45, 7) is 1.62. The van der Waals surface area contributed by atoms with Gasteiger partial charge in [0.05, 0.1) is 28.7 Å². The van der Waals surface area contributed by atoms with Gasteiger partial charge in [0, 0.05) is 34.7 Å². The molecule has 3 aliphatic heterocycles. The Bertz CT molecular complexity index is 2010. The van der Waals surface area contributed by atoms with Crippen LogP contribution in [-0.2, 0) is 4.74 Å². The number of H-pyrrole nitrogens is 3. The Morgan fingerprint density at radius 3 is 2.34 bits per heavy atom. The molecular formula is C30H26N6O5. The van der Waals surface area contributed by atoms with Crippen molar-refractivity contribution in [3.8, 4) is 5.75 Å². The molecule has 0 spiro atoms. The molecule has 4 N–H and O–H groups in total. The second-order valence-electron chi connectivity index (χ2n) is 10.2. The number of hydrogen-bond donors (Lipinski definition) is 4. The van der Waals surface area contributed by atoms with Gasteiger partial charge in [0.1, 0.15) is 24.6 Å². The molecule has 4 aromatic heterocycles. The maximum absolute atomic E-state index is 12.4. The van der Waals surface area contributed by atoms with E-state index >= 15 is 0 Å². The lowest BCUT2D eigenvalue weighted by Crippen LogP contribution is -2.33. The maximum atomic E-state index is 12.4. The number of ether oxygens (including phenoxy) is 2. The van der Waals surface area contributed by atoms with Crippen molar-refractivity contribution in [1.82, 2.24) is 29.5 Å². The lowest BCUT2D eigenvalue weighted by Gasteiger charge is -2.17. The highest BCUT2D eigenvalue weighted by Crippen LogP contribution is 2.31. The molecule has 7 heterocycles. The number of hydrogen-bond acceptors (Lipinski definition) is 7. The molecule has 7 rings (SSSR count). The predicted octanol–water partition coefficient (Wildman–Crippen LogP) is 3.54. The summed E-state index contributed by atoms with van der Waals surface area (Å²) in [6.07, 6.45) is 6.98. The smallest absolute Gasteiger partial charge is 0.330 e. The van der Waals surface area contributed by atoms with Crippen molar-refractivity contribution >= 4 is 46.4 Å². The van der Waals surface area contributed by atoms with Crippen LogP contribution in [0, 0.1) is 6.92 Å². The highest BCUT2D eigenvalue weighted by Gasteiger charge is 2.36. The number of aliphatic hydroxyl groups is 1. The van der Waals surface area contributed by atoms with Crippen LogP contribution in [-0.4, -0.2) is 53.4 Å². The lowest BCUT2D eigenvalue weighted by molar-refractivity contribution is -0.0409. The Morgan fingerprint density at radius 1 is 0.927 bits per heavy atom. The zero-order valence-corrected chi connectivity index (χ0v) is 22.0. The van der Waals surface area contributed by atoms with E-state index in [1.807, 2.05) is 66.8 Å². The first-order valence-corrected chi connectivity index (χ1v) is 13.2. The van der Waals surface area contributed by atoms with E-state index in [2.05, 4.69) is 19.9 Å². The van der Waals surface area contributed by atoms with E-state index in [-0.39, 0.29) is 13.0 Å². The van der Waals surface area contributed by atoms with Crippen LogP contribution in [0.1, 0.15) is 41.0 Å². The minimum Gasteiger partial charge on any atom is -0.486 e. The normalized spacial score (nSPS) is 19.6. The second kappa shape index (κ2) is 9.88. The van der Waals surface area contributed by atoms with Gasteiger partial charge in [0.15, 0.2) is 5.75 Å². The first-order chi connectivity index (χ1) is 19.9. The van der Waals surface area contributed by atoms with Gasteiger partial charge < -0.3 is 24.5 Å². The van der Waals surface area contributed by atoms with Crippen LogP contribution in [0.3, 0.4) is 0 Å². The third kappa shape index (κ3) is 4.92. The van der Waals surface area contributed by atoms with Crippen molar-refractivity contribution in [3.63, 3.8) is 0 Å². The number of nitrogens with zero attached hydrogens (tertiary/aromatic N) is 3. The van der Waals surface area contributed by atoms with E-state index in [9.17, 15) is 14.7 Å². The van der Waals surface area contributed by atoms with Crippen molar-refractivity contribution in [2.45, 2.75) is 31.8 Å². The monoisotopic (exact) mass is 550 g/mol. The van der Waals surface area contributed by atoms with E-state index in [4.69, 9.17) is 14.5 Å². The second-order valence-corrected chi connectivity index (χ2v) is 10.2. The third-order valence-electron chi connectivity index (χ3n) is 7.22. The molecule has 1 fully saturated rings. The summed E-state index contributed by atoms with van der Waals surface area (Å²) in [5, 5.41) is 10.8. The Kier molecular flexibility index (Phi) is 6.02. The van der Waals surface area contributed by atoms with Gasteiger partial charge in [0.25, 0.3) is 5.56 Å². The Balaban J connectivity index is 1.26. The summed E-state index contributed by atoms with van der Waals surface area (Å²) in [5.41, 5.74) is 5.72. The van der Waals surface area contributed by atoms with E-state index < -0.39 is 29.7 Å². The number of fused-ring (bicyclic) bond motifs is 8. The van der Waals surface area contributed by atoms with Crippen molar-refractivity contribution < 1.29 is 14.6 Å². The zero-order chi connectivity index (χ0) is 28.1. The number of aryl methyl sites for hydroxylation is 1. The van der Waals surface area contributed by atoms with Crippen LogP contribution in [0.4, 0.5) is 0 Å². The molecule has 4 aromatic rings. The van der Waals surface area contributed by atoms with Gasteiger partial charge >= 0.3 is 5.69 Å². The van der Waals surface area contributed by atoms with Gasteiger partial charge in [-0.1, -0.05) is 0 Å². The summed E-state index contributed by atoms with van der Waals surface area (Å²) in [5.74, 6) is 0.490.